The average Bonchev–Trinajstić information content (AvgIpc) is 3.15. The van der Waals surface area contributed by atoms with E-state index in [9.17, 15) is 32.3 Å². The van der Waals surface area contributed by atoms with Gasteiger partial charge in [-0.15, -0.1) is 13.2 Å². The molecule has 0 saturated carbocycles. The van der Waals surface area contributed by atoms with E-state index in [0.717, 1.165) is 56.4 Å². The molecule has 1 aromatic heterocycles. The van der Waals surface area contributed by atoms with E-state index in [1.165, 1.54) is 10.7 Å². The first-order chi connectivity index (χ1) is 26.2. The number of likely N-dealkylation sites (tertiary alicyclic amines) is 2. The van der Waals surface area contributed by atoms with Crippen molar-refractivity contribution in [2.24, 2.45) is 12.5 Å². The van der Waals surface area contributed by atoms with Crippen LogP contribution in [-0.2, 0) is 16.6 Å². The number of anilines is 2. The van der Waals surface area contributed by atoms with Crippen LogP contribution in [-0.4, -0.2) is 96.0 Å². The molecule has 3 aromatic rings. The second-order valence-electron chi connectivity index (χ2n) is 15.8. The summed E-state index contributed by atoms with van der Waals surface area (Å²) in [5, 5.41) is 9.97. The predicted octanol–water partition coefficient (Wildman–Crippen LogP) is 4.93. The summed E-state index contributed by atoms with van der Waals surface area (Å²) in [6.45, 7) is 5.83. The van der Waals surface area contributed by atoms with Crippen molar-refractivity contribution in [2.45, 2.75) is 76.1 Å². The number of amides is 3. The average molecular weight is 764 g/mol. The van der Waals surface area contributed by atoms with Gasteiger partial charge in [-0.05, 0) is 99.2 Å². The van der Waals surface area contributed by atoms with Crippen molar-refractivity contribution in [3.63, 3.8) is 0 Å². The molecule has 0 radical (unpaired) electrons. The number of halogens is 3. The van der Waals surface area contributed by atoms with Crippen molar-refractivity contribution >= 4 is 29.1 Å². The van der Waals surface area contributed by atoms with Gasteiger partial charge in [-0.3, -0.25) is 24.5 Å². The van der Waals surface area contributed by atoms with E-state index in [0.29, 0.717) is 48.6 Å². The molecule has 3 amide bonds. The monoisotopic (exact) mass is 763 g/mol. The highest BCUT2D eigenvalue weighted by Gasteiger charge is 2.41. The molecule has 4 aliphatic heterocycles. The molecule has 5 heterocycles. The zero-order valence-corrected chi connectivity index (χ0v) is 31.5. The first kappa shape index (κ1) is 38.4. The molecule has 3 atom stereocenters. The molecule has 2 aromatic carbocycles. The molecular weight excluding hydrogens is 715 g/mol. The Kier molecular flexibility index (Phi) is 10.7. The molecule has 0 aliphatic carbocycles. The third-order valence-corrected chi connectivity index (χ3v) is 12.1. The van der Waals surface area contributed by atoms with E-state index in [4.69, 9.17) is 0 Å². The van der Waals surface area contributed by atoms with Crippen molar-refractivity contribution < 1.29 is 32.3 Å². The van der Waals surface area contributed by atoms with Crippen LogP contribution in [0.3, 0.4) is 0 Å². The first-order valence-corrected chi connectivity index (χ1v) is 19.0. The Hall–Kier alpha value is -4.92. The van der Waals surface area contributed by atoms with Crippen LogP contribution in [0.4, 0.5) is 24.5 Å². The number of alkyl halides is 3. The van der Waals surface area contributed by atoms with Gasteiger partial charge in [0.1, 0.15) is 0 Å². The van der Waals surface area contributed by atoms with Crippen molar-refractivity contribution in [2.75, 3.05) is 56.5 Å². The maximum atomic E-state index is 13.6. The molecule has 4 fully saturated rings. The summed E-state index contributed by atoms with van der Waals surface area (Å²) in [4.78, 5) is 56.2. The quantitative estimate of drug-likeness (QED) is 0.322. The minimum Gasteiger partial charge on any atom is -0.404 e. The molecule has 4 saturated heterocycles. The van der Waals surface area contributed by atoms with Gasteiger partial charge in [0.15, 0.2) is 5.75 Å². The van der Waals surface area contributed by atoms with Gasteiger partial charge >= 0.3 is 6.36 Å². The minimum atomic E-state index is -4.91. The summed E-state index contributed by atoms with van der Waals surface area (Å²) in [6.07, 6.45) is 1.18. The smallest absolute Gasteiger partial charge is 0.404 e. The summed E-state index contributed by atoms with van der Waals surface area (Å²) in [7, 11) is 3.73. The number of likely N-dealkylation sites (N-methyl/N-ethyl adjacent to an activating group) is 1. The molecule has 1 unspecified atom stereocenters. The van der Waals surface area contributed by atoms with Crippen molar-refractivity contribution in [3.05, 3.63) is 81.3 Å². The molecule has 0 bridgehead atoms. The predicted molar refractivity (Wildman–Crippen MR) is 200 cm³/mol. The van der Waals surface area contributed by atoms with Gasteiger partial charge in [-0.1, -0.05) is 18.2 Å². The van der Waals surface area contributed by atoms with E-state index in [1.54, 1.807) is 25.4 Å². The maximum Gasteiger partial charge on any atom is 0.573 e. The Bertz CT molecular complexity index is 1980. The molecule has 12 nitrogen and oxygen atoms in total. The van der Waals surface area contributed by atoms with Crippen LogP contribution in [0, 0.1) is 12.3 Å². The summed E-state index contributed by atoms with van der Waals surface area (Å²) in [6, 6.07) is 12.6. The molecule has 2 N–H and O–H groups in total. The number of ether oxygens (including phenoxy) is 1. The lowest BCUT2D eigenvalue weighted by Crippen LogP contribution is -2.48. The molecule has 294 valence electrons. The first-order valence-electron chi connectivity index (χ1n) is 19.0. The molecule has 4 aliphatic rings. The SMILES string of the molecule is Cc1c(N[C@@H]2C[C@H](c3ccc(C(=O)N4CCC5(CC4)CCN(c4ccc(C6CCC(=O)NC6=O)cc4OC(F)(F)F)CC5)cc3)CN(C)C2)cnn(C)c1=O. The van der Waals surface area contributed by atoms with Crippen LogP contribution in [0.1, 0.15) is 83.8 Å². The second-order valence-corrected chi connectivity index (χ2v) is 15.8. The normalized spacial score (nSPS) is 23.4. The van der Waals surface area contributed by atoms with E-state index < -0.39 is 24.1 Å². The summed E-state index contributed by atoms with van der Waals surface area (Å²) in [5.74, 6) is -1.74. The topological polar surface area (TPSA) is 129 Å². The van der Waals surface area contributed by atoms with E-state index in [1.807, 2.05) is 28.9 Å². The number of nitrogens with one attached hydrogen (secondary N) is 2. The molecule has 15 heteroatoms. The van der Waals surface area contributed by atoms with Gasteiger partial charge in [0.2, 0.25) is 11.8 Å². The number of carbonyl (C=O) groups excluding carboxylic acids is 3. The highest BCUT2D eigenvalue weighted by molar-refractivity contribution is 6.01. The number of carbonyl (C=O) groups is 3. The molecule has 55 heavy (non-hydrogen) atoms. The Balaban J connectivity index is 0.942. The lowest BCUT2D eigenvalue weighted by atomic mass is 9.71. The number of hydrogen-bond donors (Lipinski definition) is 2. The summed E-state index contributed by atoms with van der Waals surface area (Å²) < 4.78 is 46.4. The van der Waals surface area contributed by atoms with Gasteiger partial charge < -0.3 is 24.8 Å². The standard InChI is InChI=1S/C40H48F3N7O5/c1-25-32(22-44-48(3)37(25)53)45-30-20-29(23-47(2)24-30)26-4-6-27(7-5-26)38(54)50-18-14-39(15-19-50)12-16-49(17-13-39)33-10-8-28(21-34(33)55-40(41,42)43)31-9-11-35(51)46-36(31)52/h4-8,10,21-22,29-31,45H,9,11-20,23-24H2,1-3H3,(H,46,51,52)/t29-,30+,31?/m0/s1. The fraction of sp³-hybridized carbons (Fsp3) is 0.525. The number of benzene rings is 2. The van der Waals surface area contributed by atoms with Crippen LogP contribution >= 0.6 is 0 Å². The lowest BCUT2D eigenvalue weighted by molar-refractivity contribution is -0.274. The van der Waals surface area contributed by atoms with Gasteiger partial charge in [0, 0.05) is 69.9 Å². The molecule has 1 spiro atoms. The zero-order chi connectivity index (χ0) is 39.1. The van der Waals surface area contributed by atoms with Crippen molar-refractivity contribution in [1.29, 1.82) is 0 Å². The van der Waals surface area contributed by atoms with Crippen molar-refractivity contribution in [1.82, 2.24) is 24.9 Å². The van der Waals surface area contributed by atoms with Crippen LogP contribution < -0.4 is 25.8 Å². The fourth-order valence-electron chi connectivity index (χ4n) is 8.90. The number of imide groups is 1. The number of piperidine rings is 4. The Morgan fingerprint density at radius 1 is 0.945 bits per heavy atom. The zero-order valence-electron chi connectivity index (χ0n) is 31.5. The number of aryl methyl sites for hydroxylation is 1. The Morgan fingerprint density at radius 2 is 1.62 bits per heavy atom. The number of hydrogen-bond acceptors (Lipinski definition) is 9. The summed E-state index contributed by atoms with van der Waals surface area (Å²) >= 11 is 0. The maximum absolute atomic E-state index is 13.6. The van der Waals surface area contributed by atoms with Crippen LogP contribution in [0.2, 0.25) is 0 Å². The fourth-order valence-corrected chi connectivity index (χ4v) is 8.90. The lowest BCUT2D eigenvalue weighted by Gasteiger charge is -2.47. The second kappa shape index (κ2) is 15.3. The van der Waals surface area contributed by atoms with Crippen molar-refractivity contribution in [3.8, 4) is 5.75 Å². The van der Waals surface area contributed by atoms with Crippen LogP contribution in [0.5, 0.6) is 5.75 Å². The highest BCUT2D eigenvalue weighted by atomic mass is 19.4. The van der Waals surface area contributed by atoms with E-state index in [-0.39, 0.29) is 47.4 Å². The largest absolute Gasteiger partial charge is 0.573 e. The molecule has 7 rings (SSSR count). The van der Waals surface area contributed by atoms with Gasteiger partial charge in [0.05, 0.1) is 23.5 Å². The van der Waals surface area contributed by atoms with Crippen LogP contribution in [0.15, 0.2) is 53.5 Å². The van der Waals surface area contributed by atoms with Gasteiger partial charge in [0.25, 0.3) is 11.5 Å². The summed E-state index contributed by atoms with van der Waals surface area (Å²) in [5.41, 5.74) is 3.77. The van der Waals surface area contributed by atoms with Crippen LogP contribution in [0.25, 0.3) is 0 Å². The highest BCUT2D eigenvalue weighted by Crippen LogP contribution is 2.45. The Morgan fingerprint density at radius 3 is 2.29 bits per heavy atom. The third kappa shape index (κ3) is 8.51. The van der Waals surface area contributed by atoms with Gasteiger partial charge in [-0.25, -0.2) is 4.68 Å². The van der Waals surface area contributed by atoms with E-state index in [2.05, 4.69) is 44.5 Å². The molecular formula is C40H48F3N7O5. The number of rotatable bonds is 7. The Labute approximate surface area is 318 Å². The number of nitrogens with zero attached hydrogens (tertiary/aromatic N) is 5. The van der Waals surface area contributed by atoms with E-state index >= 15 is 0 Å². The number of aromatic nitrogens is 2. The minimum absolute atomic E-state index is 0.00202. The van der Waals surface area contributed by atoms with Gasteiger partial charge in [-0.2, -0.15) is 5.10 Å². The third-order valence-electron chi connectivity index (χ3n) is 12.1.